The highest BCUT2D eigenvalue weighted by molar-refractivity contribution is 7.99. The van der Waals surface area contributed by atoms with Crippen LogP contribution in [-0.2, 0) is 17.5 Å². The SMILES string of the molecule is O=C(CSc1ccc(C(F)(F)F)cn1)N(Cc1ccncc1)C1CC1. The molecule has 0 spiro atoms. The van der Waals surface area contributed by atoms with E-state index in [2.05, 4.69) is 9.97 Å². The number of thioether (sulfide) groups is 1. The highest BCUT2D eigenvalue weighted by Crippen LogP contribution is 2.31. The Morgan fingerprint density at radius 1 is 1.20 bits per heavy atom. The first-order chi connectivity index (χ1) is 11.9. The molecule has 0 atom stereocenters. The predicted molar refractivity (Wildman–Crippen MR) is 87.8 cm³/mol. The Hall–Kier alpha value is -2.09. The van der Waals surface area contributed by atoms with E-state index in [9.17, 15) is 18.0 Å². The molecule has 3 rings (SSSR count). The Morgan fingerprint density at radius 3 is 2.48 bits per heavy atom. The van der Waals surface area contributed by atoms with Crippen molar-refractivity contribution in [2.75, 3.05) is 5.75 Å². The van der Waals surface area contributed by atoms with Crippen molar-refractivity contribution >= 4 is 17.7 Å². The molecular formula is C17H16F3N3OS. The second kappa shape index (κ2) is 7.43. The van der Waals surface area contributed by atoms with Gasteiger partial charge in [-0.25, -0.2) is 4.98 Å². The van der Waals surface area contributed by atoms with Crippen LogP contribution in [0.4, 0.5) is 13.2 Å². The maximum atomic E-state index is 12.5. The summed E-state index contributed by atoms with van der Waals surface area (Å²) in [6.07, 6.45) is 1.74. The fourth-order valence-corrected chi connectivity index (χ4v) is 3.07. The van der Waals surface area contributed by atoms with Crippen molar-refractivity contribution in [1.29, 1.82) is 0 Å². The highest BCUT2D eigenvalue weighted by Gasteiger charge is 2.33. The topological polar surface area (TPSA) is 46.1 Å². The molecular weight excluding hydrogens is 351 g/mol. The van der Waals surface area contributed by atoms with Crippen molar-refractivity contribution in [2.45, 2.75) is 36.6 Å². The molecule has 1 aliphatic carbocycles. The molecule has 4 nitrogen and oxygen atoms in total. The van der Waals surface area contributed by atoms with Crippen molar-refractivity contribution in [1.82, 2.24) is 14.9 Å². The lowest BCUT2D eigenvalue weighted by Gasteiger charge is -2.22. The van der Waals surface area contributed by atoms with Crippen molar-refractivity contribution in [3.63, 3.8) is 0 Å². The van der Waals surface area contributed by atoms with E-state index in [0.717, 1.165) is 42.4 Å². The zero-order chi connectivity index (χ0) is 17.9. The highest BCUT2D eigenvalue weighted by atomic mass is 32.2. The molecule has 0 N–H and O–H groups in total. The summed E-state index contributed by atoms with van der Waals surface area (Å²) in [4.78, 5) is 22.1. The summed E-state index contributed by atoms with van der Waals surface area (Å²) in [5, 5.41) is 0.404. The predicted octanol–water partition coefficient (Wildman–Crippen LogP) is 3.78. The van der Waals surface area contributed by atoms with Crippen molar-refractivity contribution in [2.24, 2.45) is 0 Å². The molecule has 2 aromatic rings. The number of nitrogens with zero attached hydrogens (tertiary/aromatic N) is 3. The zero-order valence-corrected chi connectivity index (χ0v) is 14.1. The van der Waals surface area contributed by atoms with E-state index in [1.54, 1.807) is 12.4 Å². The molecule has 1 aliphatic rings. The number of pyridine rings is 2. The van der Waals surface area contributed by atoms with E-state index in [4.69, 9.17) is 0 Å². The van der Waals surface area contributed by atoms with Crippen LogP contribution in [0.15, 0.2) is 47.9 Å². The summed E-state index contributed by atoms with van der Waals surface area (Å²) < 4.78 is 37.6. The summed E-state index contributed by atoms with van der Waals surface area (Å²) in [5.74, 6) is 0.117. The molecule has 1 amide bonds. The summed E-state index contributed by atoms with van der Waals surface area (Å²) in [7, 11) is 0. The lowest BCUT2D eigenvalue weighted by molar-refractivity contribution is -0.138. The van der Waals surface area contributed by atoms with Gasteiger partial charge >= 0.3 is 6.18 Å². The molecule has 1 saturated carbocycles. The number of hydrogen-bond acceptors (Lipinski definition) is 4. The molecule has 25 heavy (non-hydrogen) atoms. The fourth-order valence-electron chi connectivity index (χ4n) is 2.34. The number of hydrogen-bond donors (Lipinski definition) is 0. The molecule has 8 heteroatoms. The Balaban J connectivity index is 1.58. The second-order valence-electron chi connectivity index (χ2n) is 5.78. The quantitative estimate of drug-likeness (QED) is 0.729. The van der Waals surface area contributed by atoms with Gasteiger partial charge in [0.2, 0.25) is 5.91 Å². The fraction of sp³-hybridized carbons (Fsp3) is 0.353. The summed E-state index contributed by atoms with van der Waals surface area (Å²) >= 11 is 1.15. The van der Waals surface area contributed by atoms with Crippen LogP contribution in [0.25, 0.3) is 0 Å². The minimum absolute atomic E-state index is 0.0361. The minimum Gasteiger partial charge on any atom is -0.335 e. The number of rotatable bonds is 6. The molecule has 1 fully saturated rings. The number of alkyl halides is 3. The van der Waals surface area contributed by atoms with Crippen LogP contribution in [0.3, 0.4) is 0 Å². The lowest BCUT2D eigenvalue weighted by atomic mass is 10.2. The van der Waals surface area contributed by atoms with E-state index in [1.165, 1.54) is 6.07 Å². The average molecular weight is 367 g/mol. The van der Waals surface area contributed by atoms with Crippen LogP contribution in [-0.4, -0.2) is 32.6 Å². The van der Waals surface area contributed by atoms with Gasteiger partial charge < -0.3 is 4.90 Å². The average Bonchev–Trinajstić information content (AvgIpc) is 3.43. The van der Waals surface area contributed by atoms with Crippen LogP contribution >= 0.6 is 11.8 Å². The molecule has 0 unspecified atom stereocenters. The number of halogens is 3. The van der Waals surface area contributed by atoms with Crippen LogP contribution in [0.2, 0.25) is 0 Å². The molecule has 0 aliphatic heterocycles. The molecule has 2 heterocycles. The van der Waals surface area contributed by atoms with Crippen LogP contribution < -0.4 is 0 Å². The van der Waals surface area contributed by atoms with Gasteiger partial charge in [-0.3, -0.25) is 9.78 Å². The molecule has 0 radical (unpaired) electrons. The first kappa shape index (κ1) is 17.7. The molecule has 132 valence electrons. The zero-order valence-electron chi connectivity index (χ0n) is 13.2. The maximum absolute atomic E-state index is 12.5. The smallest absolute Gasteiger partial charge is 0.335 e. The number of carbonyl (C=O) groups is 1. The third-order valence-electron chi connectivity index (χ3n) is 3.82. The Morgan fingerprint density at radius 2 is 1.92 bits per heavy atom. The number of aromatic nitrogens is 2. The standard InChI is InChI=1S/C17H16F3N3OS/c18-17(19,20)13-1-4-15(22-9-13)25-11-16(24)23(14-2-3-14)10-12-5-7-21-8-6-12/h1,4-9,14H,2-3,10-11H2. The van der Waals surface area contributed by atoms with Crippen molar-refractivity contribution in [3.8, 4) is 0 Å². The van der Waals surface area contributed by atoms with Gasteiger partial charge in [0, 0.05) is 31.2 Å². The van der Waals surface area contributed by atoms with E-state index < -0.39 is 11.7 Å². The van der Waals surface area contributed by atoms with Gasteiger partial charge in [-0.05, 0) is 42.7 Å². The molecule has 0 aromatic carbocycles. The summed E-state index contributed by atoms with van der Waals surface area (Å²) in [6.45, 7) is 0.521. The van der Waals surface area contributed by atoms with Gasteiger partial charge in [-0.2, -0.15) is 13.2 Å². The van der Waals surface area contributed by atoms with Gasteiger partial charge in [0.15, 0.2) is 0 Å². The van der Waals surface area contributed by atoms with Crippen LogP contribution in [0.5, 0.6) is 0 Å². The van der Waals surface area contributed by atoms with Gasteiger partial charge in [0.05, 0.1) is 16.3 Å². The monoisotopic (exact) mass is 367 g/mol. The largest absolute Gasteiger partial charge is 0.417 e. The minimum atomic E-state index is -4.40. The second-order valence-corrected chi connectivity index (χ2v) is 6.78. The summed E-state index contributed by atoms with van der Waals surface area (Å²) in [5.41, 5.74) is 0.216. The van der Waals surface area contributed by atoms with Gasteiger partial charge in [0.1, 0.15) is 0 Å². The van der Waals surface area contributed by atoms with Crippen LogP contribution in [0, 0.1) is 0 Å². The van der Waals surface area contributed by atoms with Gasteiger partial charge in [-0.15, -0.1) is 0 Å². The van der Waals surface area contributed by atoms with Gasteiger partial charge in [0.25, 0.3) is 0 Å². The molecule has 0 bridgehead atoms. The number of amides is 1. The first-order valence-corrected chi connectivity index (χ1v) is 8.76. The molecule has 0 saturated heterocycles. The number of carbonyl (C=O) groups excluding carboxylic acids is 1. The third-order valence-corrected chi connectivity index (χ3v) is 4.75. The Bertz CT molecular complexity index is 718. The maximum Gasteiger partial charge on any atom is 0.417 e. The lowest BCUT2D eigenvalue weighted by Crippen LogP contribution is -2.34. The van der Waals surface area contributed by atoms with Gasteiger partial charge in [-0.1, -0.05) is 11.8 Å². The third kappa shape index (κ3) is 4.94. The van der Waals surface area contributed by atoms with E-state index in [-0.39, 0.29) is 17.7 Å². The summed E-state index contributed by atoms with van der Waals surface area (Å²) in [6, 6.07) is 6.27. The van der Waals surface area contributed by atoms with Crippen molar-refractivity contribution in [3.05, 3.63) is 54.0 Å². The van der Waals surface area contributed by atoms with E-state index in [1.807, 2.05) is 17.0 Å². The van der Waals surface area contributed by atoms with E-state index in [0.29, 0.717) is 11.6 Å². The Labute approximate surface area is 147 Å². The Kier molecular flexibility index (Phi) is 5.27. The first-order valence-electron chi connectivity index (χ1n) is 7.78. The van der Waals surface area contributed by atoms with Crippen molar-refractivity contribution < 1.29 is 18.0 Å². The van der Waals surface area contributed by atoms with Crippen LogP contribution in [0.1, 0.15) is 24.0 Å². The molecule has 2 aromatic heterocycles. The van der Waals surface area contributed by atoms with E-state index >= 15 is 0 Å². The normalized spacial score (nSPS) is 14.4.